The molecule has 0 aliphatic carbocycles. The minimum absolute atomic E-state index is 0.105. The molecule has 0 aromatic heterocycles. The minimum Gasteiger partial charge on any atom is -0.326 e. The van der Waals surface area contributed by atoms with Gasteiger partial charge in [0.1, 0.15) is 0 Å². The molecule has 0 atom stereocenters. The number of carbonyl (C=O) groups excluding carboxylic acids is 1. The van der Waals surface area contributed by atoms with E-state index in [9.17, 15) is 4.79 Å². The molecule has 4 heteroatoms. The van der Waals surface area contributed by atoms with Crippen LogP contribution in [0.5, 0.6) is 0 Å². The monoisotopic (exact) mass is 325 g/mol. The summed E-state index contributed by atoms with van der Waals surface area (Å²) in [6.07, 6.45) is 0. The zero-order chi connectivity index (χ0) is 17.5. The van der Waals surface area contributed by atoms with E-state index in [2.05, 4.69) is 31.0 Å². The van der Waals surface area contributed by atoms with E-state index in [-0.39, 0.29) is 5.91 Å². The summed E-state index contributed by atoms with van der Waals surface area (Å²) in [6, 6.07) is 15.9. The van der Waals surface area contributed by atoms with Gasteiger partial charge < -0.3 is 11.1 Å². The second kappa shape index (κ2) is 8.62. The maximum atomic E-state index is 12.4. The molecule has 0 aliphatic rings. The molecule has 0 aliphatic heterocycles. The summed E-state index contributed by atoms with van der Waals surface area (Å²) in [7, 11) is 0. The highest BCUT2D eigenvalue weighted by atomic mass is 16.1. The van der Waals surface area contributed by atoms with Crippen LogP contribution in [-0.4, -0.2) is 23.4 Å². The van der Waals surface area contributed by atoms with Gasteiger partial charge in [0.15, 0.2) is 0 Å². The SMILES string of the molecule is CCN(Cc1ccc(C(=O)Nc2cccc(CN)c2)cc1)C(C)C. The highest BCUT2D eigenvalue weighted by Crippen LogP contribution is 2.14. The lowest BCUT2D eigenvalue weighted by Gasteiger charge is -2.24. The van der Waals surface area contributed by atoms with Gasteiger partial charge in [-0.05, 0) is 55.8 Å². The van der Waals surface area contributed by atoms with Crippen molar-refractivity contribution in [2.24, 2.45) is 5.73 Å². The Hall–Kier alpha value is -2.17. The average Bonchev–Trinajstić information content (AvgIpc) is 2.60. The summed E-state index contributed by atoms with van der Waals surface area (Å²) in [6.45, 7) is 8.92. The number of nitrogens with two attached hydrogens (primary N) is 1. The van der Waals surface area contributed by atoms with Crippen LogP contribution in [-0.2, 0) is 13.1 Å². The second-order valence-electron chi connectivity index (χ2n) is 6.21. The number of carbonyl (C=O) groups is 1. The largest absolute Gasteiger partial charge is 0.326 e. The zero-order valence-corrected chi connectivity index (χ0v) is 14.8. The van der Waals surface area contributed by atoms with Gasteiger partial charge in [-0.25, -0.2) is 0 Å². The number of nitrogens with one attached hydrogen (secondary N) is 1. The van der Waals surface area contributed by atoms with E-state index in [1.54, 1.807) is 0 Å². The number of hydrogen-bond acceptors (Lipinski definition) is 3. The van der Waals surface area contributed by atoms with Crippen molar-refractivity contribution >= 4 is 11.6 Å². The zero-order valence-electron chi connectivity index (χ0n) is 14.8. The number of rotatable bonds is 7. The van der Waals surface area contributed by atoms with Crippen LogP contribution in [0.25, 0.3) is 0 Å². The van der Waals surface area contributed by atoms with Crippen molar-refractivity contribution in [3.05, 3.63) is 65.2 Å². The summed E-state index contributed by atoms with van der Waals surface area (Å²) in [5.74, 6) is -0.105. The van der Waals surface area contributed by atoms with Crippen molar-refractivity contribution in [3.8, 4) is 0 Å². The Bertz CT molecular complexity index is 665. The number of amides is 1. The highest BCUT2D eigenvalue weighted by molar-refractivity contribution is 6.04. The smallest absolute Gasteiger partial charge is 0.255 e. The number of nitrogens with zero attached hydrogens (tertiary/aromatic N) is 1. The Morgan fingerprint density at radius 2 is 1.83 bits per heavy atom. The van der Waals surface area contributed by atoms with Crippen molar-refractivity contribution in [2.45, 2.75) is 39.9 Å². The summed E-state index contributed by atoms with van der Waals surface area (Å²) >= 11 is 0. The van der Waals surface area contributed by atoms with Crippen LogP contribution in [0, 0.1) is 0 Å². The quantitative estimate of drug-likeness (QED) is 0.817. The molecule has 128 valence electrons. The first-order valence-electron chi connectivity index (χ1n) is 8.46. The lowest BCUT2D eigenvalue weighted by atomic mass is 10.1. The predicted molar refractivity (Wildman–Crippen MR) is 99.9 cm³/mol. The van der Waals surface area contributed by atoms with E-state index in [4.69, 9.17) is 5.73 Å². The average molecular weight is 325 g/mol. The fourth-order valence-electron chi connectivity index (χ4n) is 2.63. The van der Waals surface area contributed by atoms with Gasteiger partial charge >= 0.3 is 0 Å². The van der Waals surface area contributed by atoms with Crippen LogP contribution >= 0.6 is 0 Å². The molecule has 0 fully saturated rings. The van der Waals surface area contributed by atoms with E-state index in [1.165, 1.54) is 5.56 Å². The first-order valence-corrected chi connectivity index (χ1v) is 8.46. The van der Waals surface area contributed by atoms with Crippen LogP contribution in [0.2, 0.25) is 0 Å². The maximum absolute atomic E-state index is 12.4. The maximum Gasteiger partial charge on any atom is 0.255 e. The van der Waals surface area contributed by atoms with Gasteiger partial charge in [-0.15, -0.1) is 0 Å². The molecule has 0 radical (unpaired) electrons. The molecule has 4 nitrogen and oxygen atoms in total. The normalized spacial score (nSPS) is 11.1. The highest BCUT2D eigenvalue weighted by Gasteiger charge is 2.10. The molecule has 2 aromatic rings. The first-order chi connectivity index (χ1) is 11.5. The molecular formula is C20H27N3O. The molecule has 0 unspecified atom stereocenters. The summed E-state index contributed by atoms with van der Waals surface area (Å²) in [5, 5.41) is 2.92. The minimum atomic E-state index is -0.105. The Morgan fingerprint density at radius 3 is 2.42 bits per heavy atom. The van der Waals surface area contributed by atoms with Crippen LogP contribution in [0.1, 0.15) is 42.3 Å². The van der Waals surface area contributed by atoms with Crippen molar-refractivity contribution in [1.29, 1.82) is 0 Å². The van der Waals surface area contributed by atoms with Crippen LogP contribution in [0.4, 0.5) is 5.69 Å². The van der Waals surface area contributed by atoms with Gasteiger partial charge in [0, 0.05) is 30.4 Å². The molecule has 2 rings (SSSR count). The molecule has 3 N–H and O–H groups in total. The summed E-state index contributed by atoms with van der Waals surface area (Å²) in [4.78, 5) is 14.7. The van der Waals surface area contributed by atoms with E-state index >= 15 is 0 Å². The van der Waals surface area contributed by atoms with Gasteiger partial charge in [0.2, 0.25) is 0 Å². The lowest BCUT2D eigenvalue weighted by Crippen LogP contribution is -2.29. The molecule has 0 bridgehead atoms. The van der Waals surface area contributed by atoms with Crippen molar-refractivity contribution in [3.63, 3.8) is 0 Å². The van der Waals surface area contributed by atoms with Gasteiger partial charge in [0.25, 0.3) is 5.91 Å². The van der Waals surface area contributed by atoms with Crippen LogP contribution < -0.4 is 11.1 Å². The Balaban J connectivity index is 2.02. The molecule has 2 aromatic carbocycles. The Labute approximate surface area is 144 Å². The molecule has 0 spiro atoms. The molecule has 1 amide bonds. The fourth-order valence-corrected chi connectivity index (χ4v) is 2.63. The third kappa shape index (κ3) is 4.91. The molecule has 0 heterocycles. The van der Waals surface area contributed by atoms with Gasteiger partial charge in [-0.3, -0.25) is 9.69 Å². The number of benzene rings is 2. The Morgan fingerprint density at radius 1 is 1.12 bits per heavy atom. The van der Waals surface area contributed by atoms with Crippen molar-refractivity contribution in [1.82, 2.24) is 4.90 Å². The van der Waals surface area contributed by atoms with Crippen molar-refractivity contribution < 1.29 is 4.79 Å². The summed E-state index contributed by atoms with van der Waals surface area (Å²) < 4.78 is 0. The van der Waals surface area contributed by atoms with Gasteiger partial charge in [0.05, 0.1) is 0 Å². The Kier molecular flexibility index (Phi) is 6.53. The molecular weight excluding hydrogens is 298 g/mol. The summed E-state index contributed by atoms with van der Waals surface area (Å²) in [5.41, 5.74) is 9.27. The topological polar surface area (TPSA) is 58.4 Å². The molecule has 0 saturated carbocycles. The van der Waals surface area contributed by atoms with Crippen LogP contribution in [0.3, 0.4) is 0 Å². The number of hydrogen-bond donors (Lipinski definition) is 2. The van der Waals surface area contributed by atoms with Crippen LogP contribution in [0.15, 0.2) is 48.5 Å². The molecule has 0 saturated heterocycles. The lowest BCUT2D eigenvalue weighted by molar-refractivity contribution is 0.102. The second-order valence-corrected chi connectivity index (χ2v) is 6.21. The van der Waals surface area contributed by atoms with E-state index in [1.807, 2.05) is 48.5 Å². The standard InChI is InChI=1S/C20H27N3O/c1-4-23(15(2)3)14-16-8-10-18(11-9-16)20(24)22-19-7-5-6-17(12-19)13-21/h5-12,15H,4,13-14,21H2,1-3H3,(H,22,24). The van der Waals surface area contributed by atoms with E-state index < -0.39 is 0 Å². The first kappa shape index (κ1) is 18.2. The van der Waals surface area contributed by atoms with E-state index in [0.29, 0.717) is 18.2 Å². The van der Waals surface area contributed by atoms with E-state index in [0.717, 1.165) is 24.3 Å². The van der Waals surface area contributed by atoms with Gasteiger partial charge in [-0.2, -0.15) is 0 Å². The van der Waals surface area contributed by atoms with Crippen molar-refractivity contribution in [2.75, 3.05) is 11.9 Å². The third-order valence-electron chi connectivity index (χ3n) is 4.16. The third-order valence-corrected chi connectivity index (χ3v) is 4.16. The number of anilines is 1. The van der Waals surface area contributed by atoms with Gasteiger partial charge in [-0.1, -0.05) is 31.2 Å². The fraction of sp³-hybridized carbons (Fsp3) is 0.350. The molecule has 24 heavy (non-hydrogen) atoms. The predicted octanol–water partition coefficient (Wildman–Crippen LogP) is 3.63.